The summed E-state index contributed by atoms with van der Waals surface area (Å²) in [5.41, 5.74) is 6.58. The third-order valence-electron chi connectivity index (χ3n) is 1.65. The van der Waals surface area contributed by atoms with E-state index in [0.717, 1.165) is 18.7 Å². The average Bonchev–Trinajstić information content (AvgIpc) is 1.97. The van der Waals surface area contributed by atoms with Crippen LogP contribution in [0.5, 0.6) is 0 Å². The number of nitrogens with zero attached hydrogens (tertiary/aromatic N) is 2. The molecule has 0 aromatic carbocycles. The van der Waals surface area contributed by atoms with E-state index in [-0.39, 0.29) is 12.1 Å². The molecular formula is C8H14ClN3. The van der Waals surface area contributed by atoms with Crippen molar-refractivity contribution in [3.8, 4) is 0 Å². The monoisotopic (exact) mass is 187 g/mol. The Morgan fingerprint density at radius 1 is 1.67 bits per heavy atom. The zero-order chi connectivity index (χ0) is 9.14. The van der Waals surface area contributed by atoms with Gasteiger partial charge >= 0.3 is 0 Å². The van der Waals surface area contributed by atoms with Crippen LogP contribution in [0.1, 0.15) is 20.3 Å². The summed E-state index contributed by atoms with van der Waals surface area (Å²) in [6.07, 6.45) is 0.849. The van der Waals surface area contributed by atoms with Crippen LogP contribution in [0.4, 0.5) is 0 Å². The minimum atomic E-state index is -0.0302. The first-order chi connectivity index (χ1) is 5.61. The molecule has 0 saturated heterocycles. The first-order valence-corrected chi connectivity index (χ1v) is 4.52. The summed E-state index contributed by atoms with van der Waals surface area (Å²) in [4.78, 5) is 8.41. The smallest absolute Gasteiger partial charge is 0.146 e. The van der Waals surface area contributed by atoms with Crippen molar-refractivity contribution in [1.29, 1.82) is 0 Å². The molecule has 0 fully saturated rings. The van der Waals surface area contributed by atoms with E-state index < -0.39 is 0 Å². The van der Waals surface area contributed by atoms with Gasteiger partial charge in [-0.2, -0.15) is 0 Å². The van der Waals surface area contributed by atoms with Crippen LogP contribution in [0.25, 0.3) is 0 Å². The van der Waals surface area contributed by atoms with Crippen LogP contribution in [-0.2, 0) is 0 Å². The summed E-state index contributed by atoms with van der Waals surface area (Å²) in [7, 11) is 0. The Morgan fingerprint density at radius 2 is 2.33 bits per heavy atom. The minimum absolute atomic E-state index is 0.0302. The first kappa shape index (κ1) is 9.68. The highest BCUT2D eigenvalue weighted by atomic mass is 35.5. The summed E-state index contributed by atoms with van der Waals surface area (Å²) in [5, 5.41) is 0.488. The molecule has 4 heteroatoms. The lowest BCUT2D eigenvalue weighted by Crippen LogP contribution is -2.38. The first-order valence-electron chi connectivity index (χ1n) is 4.15. The lowest BCUT2D eigenvalue weighted by Gasteiger charge is -2.18. The van der Waals surface area contributed by atoms with Gasteiger partial charge in [0.15, 0.2) is 0 Å². The van der Waals surface area contributed by atoms with E-state index in [4.69, 9.17) is 17.3 Å². The molecule has 1 unspecified atom stereocenters. The van der Waals surface area contributed by atoms with Crippen molar-refractivity contribution in [1.82, 2.24) is 0 Å². The van der Waals surface area contributed by atoms with Gasteiger partial charge in [-0.25, -0.2) is 0 Å². The Bertz CT molecular complexity index is 220. The zero-order valence-corrected chi connectivity index (χ0v) is 8.17. The molecule has 12 heavy (non-hydrogen) atoms. The predicted molar refractivity (Wildman–Crippen MR) is 53.3 cm³/mol. The van der Waals surface area contributed by atoms with Crippen molar-refractivity contribution in [2.45, 2.75) is 32.4 Å². The topological polar surface area (TPSA) is 50.7 Å². The summed E-state index contributed by atoms with van der Waals surface area (Å²) in [5.74, 6) is 0. The molecular weight excluding hydrogens is 174 g/mol. The van der Waals surface area contributed by atoms with Crippen LogP contribution in [0, 0.1) is 0 Å². The van der Waals surface area contributed by atoms with Gasteiger partial charge in [0.2, 0.25) is 0 Å². The van der Waals surface area contributed by atoms with Crippen molar-refractivity contribution in [3.05, 3.63) is 0 Å². The minimum Gasteiger partial charge on any atom is -0.323 e. The van der Waals surface area contributed by atoms with Crippen molar-refractivity contribution in [3.63, 3.8) is 0 Å². The zero-order valence-electron chi connectivity index (χ0n) is 7.42. The molecule has 68 valence electrons. The molecule has 0 spiro atoms. The maximum absolute atomic E-state index is 5.86. The third kappa shape index (κ3) is 2.29. The molecule has 1 rings (SSSR count). The maximum atomic E-state index is 5.86. The Kier molecular flexibility index (Phi) is 3.23. The molecule has 0 amide bonds. The normalized spacial score (nSPS) is 27.9. The quantitative estimate of drug-likeness (QED) is 0.659. The van der Waals surface area contributed by atoms with Gasteiger partial charge in [0.25, 0.3) is 0 Å². The highest BCUT2D eigenvalue weighted by Crippen LogP contribution is 2.08. The second-order valence-electron chi connectivity index (χ2n) is 3.18. The molecule has 0 aromatic heterocycles. The Balaban J connectivity index is 2.84. The Hall–Kier alpha value is -0.410. The predicted octanol–water partition coefficient (Wildman–Crippen LogP) is 1.20. The number of nitrogens with two attached hydrogens (primary N) is 1. The van der Waals surface area contributed by atoms with Gasteiger partial charge in [-0.15, -0.1) is 0 Å². The fourth-order valence-corrected chi connectivity index (χ4v) is 1.37. The van der Waals surface area contributed by atoms with Crippen LogP contribution in [0.3, 0.4) is 0 Å². The molecule has 0 radical (unpaired) electrons. The van der Waals surface area contributed by atoms with Crippen LogP contribution >= 0.6 is 11.6 Å². The van der Waals surface area contributed by atoms with E-state index >= 15 is 0 Å². The van der Waals surface area contributed by atoms with E-state index in [9.17, 15) is 0 Å². The van der Waals surface area contributed by atoms with E-state index in [1.807, 2.05) is 13.8 Å². The van der Waals surface area contributed by atoms with E-state index in [2.05, 4.69) is 9.98 Å². The number of aliphatic imine (C=N–C) groups is 2. The molecule has 0 saturated carbocycles. The SMILES string of the molecule is CC(C)N=C1C(Cl)=NCCC1N. The number of hydrogen-bond donors (Lipinski definition) is 1. The summed E-state index contributed by atoms with van der Waals surface area (Å²) >= 11 is 5.86. The maximum Gasteiger partial charge on any atom is 0.146 e. The Labute approximate surface area is 77.7 Å². The molecule has 0 aliphatic carbocycles. The van der Waals surface area contributed by atoms with Gasteiger partial charge in [-0.05, 0) is 20.3 Å². The lowest BCUT2D eigenvalue weighted by molar-refractivity contribution is 0.737. The van der Waals surface area contributed by atoms with Gasteiger partial charge in [0, 0.05) is 12.6 Å². The fraction of sp³-hybridized carbons (Fsp3) is 0.750. The van der Waals surface area contributed by atoms with Crippen molar-refractivity contribution in [2.75, 3.05) is 6.54 Å². The summed E-state index contributed by atoms with van der Waals surface area (Å²) < 4.78 is 0. The third-order valence-corrected chi connectivity index (χ3v) is 1.96. The van der Waals surface area contributed by atoms with Gasteiger partial charge in [-0.3, -0.25) is 9.98 Å². The molecule has 2 N–H and O–H groups in total. The largest absolute Gasteiger partial charge is 0.323 e. The highest BCUT2D eigenvalue weighted by Gasteiger charge is 2.19. The number of halogens is 1. The van der Waals surface area contributed by atoms with Gasteiger partial charge < -0.3 is 5.73 Å². The summed E-state index contributed by atoms with van der Waals surface area (Å²) in [6, 6.07) is 0.200. The van der Waals surface area contributed by atoms with Gasteiger partial charge in [-0.1, -0.05) is 11.6 Å². The van der Waals surface area contributed by atoms with Gasteiger partial charge in [0.1, 0.15) is 5.17 Å². The van der Waals surface area contributed by atoms with E-state index in [1.165, 1.54) is 0 Å². The van der Waals surface area contributed by atoms with Crippen molar-refractivity contribution >= 4 is 22.5 Å². The second kappa shape index (κ2) is 4.01. The van der Waals surface area contributed by atoms with Crippen molar-refractivity contribution in [2.24, 2.45) is 15.7 Å². The summed E-state index contributed by atoms with van der Waals surface area (Å²) in [6.45, 7) is 4.72. The van der Waals surface area contributed by atoms with Crippen molar-refractivity contribution < 1.29 is 0 Å². The molecule has 3 nitrogen and oxygen atoms in total. The average molecular weight is 188 g/mol. The molecule has 1 aliphatic rings. The van der Waals surface area contributed by atoms with Crippen LogP contribution < -0.4 is 5.73 Å². The number of rotatable bonds is 1. The van der Waals surface area contributed by atoms with Gasteiger partial charge in [0.05, 0.1) is 11.8 Å². The molecule has 0 aromatic rings. The molecule has 1 heterocycles. The van der Waals surface area contributed by atoms with Crippen LogP contribution in [0.15, 0.2) is 9.98 Å². The molecule has 1 aliphatic heterocycles. The molecule has 0 bridgehead atoms. The standard InChI is InChI=1S/C8H14ClN3/c1-5(2)12-7-6(10)3-4-11-8(7)9/h5-6H,3-4,10H2,1-2H3. The Morgan fingerprint density at radius 3 is 2.83 bits per heavy atom. The van der Waals surface area contributed by atoms with E-state index in [1.54, 1.807) is 0 Å². The fourth-order valence-electron chi connectivity index (χ4n) is 1.10. The van der Waals surface area contributed by atoms with E-state index in [0.29, 0.717) is 5.17 Å². The van der Waals surface area contributed by atoms with Crippen LogP contribution in [0.2, 0.25) is 0 Å². The van der Waals surface area contributed by atoms with Crippen LogP contribution in [-0.4, -0.2) is 29.5 Å². The highest BCUT2D eigenvalue weighted by molar-refractivity contribution is 6.84. The second-order valence-corrected chi connectivity index (χ2v) is 3.53. The number of hydrogen-bond acceptors (Lipinski definition) is 3. The molecule has 1 atom stereocenters. The lowest BCUT2D eigenvalue weighted by atomic mass is 10.1.